The van der Waals surface area contributed by atoms with E-state index in [0.717, 1.165) is 34.8 Å². The molecule has 0 amide bonds. The summed E-state index contributed by atoms with van der Waals surface area (Å²) in [7, 11) is 0. The molecule has 19 heavy (non-hydrogen) atoms. The zero-order valence-electron chi connectivity index (χ0n) is 11.8. The van der Waals surface area contributed by atoms with Gasteiger partial charge < -0.3 is 5.32 Å². The minimum atomic E-state index is 0.677. The normalized spacial score (nSPS) is 26.8. The Hall–Kier alpha value is -0.240. The van der Waals surface area contributed by atoms with E-state index in [1.807, 2.05) is 12.1 Å². The molecule has 3 unspecified atom stereocenters. The van der Waals surface area contributed by atoms with Gasteiger partial charge in [0.25, 0.3) is 0 Å². The Labute approximate surface area is 126 Å². The van der Waals surface area contributed by atoms with Gasteiger partial charge in [0, 0.05) is 16.1 Å². The van der Waals surface area contributed by atoms with Crippen LogP contribution >= 0.6 is 23.2 Å². The maximum absolute atomic E-state index is 6.28. The van der Waals surface area contributed by atoms with Crippen LogP contribution in [0.4, 0.5) is 0 Å². The van der Waals surface area contributed by atoms with E-state index in [0.29, 0.717) is 6.04 Å². The molecule has 0 radical (unpaired) electrons. The van der Waals surface area contributed by atoms with Crippen molar-refractivity contribution in [2.24, 2.45) is 11.8 Å². The highest BCUT2D eigenvalue weighted by atomic mass is 35.5. The number of hydrogen-bond acceptors (Lipinski definition) is 1. The third-order valence-electron chi connectivity index (χ3n) is 4.38. The first-order valence-corrected chi connectivity index (χ1v) is 8.04. The first kappa shape index (κ1) is 15.2. The maximum Gasteiger partial charge on any atom is 0.0452 e. The summed E-state index contributed by atoms with van der Waals surface area (Å²) in [5.41, 5.74) is 1.24. The number of nitrogens with one attached hydrogen (secondary N) is 1. The fourth-order valence-corrected chi connectivity index (χ4v) is 3.61. The van der Waals surface area contributed by atoms with Crippen molar-refractivity contribution in [2.45, 2.75) is 45.6 Å². The molecule has 3 atom stereocenters. The molecule has 0 saturated heterocycles. The first-order chi connectivity index (χ1) is 9.11. The van der Waals surface area contributed by atoms with Crippen molar-refractivity contribution in [1.29, 1.82) is 0 Å². The fourth-order valence-electron chi connectivity index (χ4n) is 3.12. The van der Waals surface area contributed by atoms with E-state index in [4.69, 9.17) is 23.2 Å². The molecule has 106 valence electrons. The lowest BCUT2D eigenvalue weighted by atomic mass is 9.89. The number of halogens is 2. The Kier molecular flexibility index (Phi) is 5.56. The summed E-state index contributed by atoms with van der Waals surface area (Å²) in [5, 5.41) is 5.19. The molecule has 0 spiro atoms. The first-order valence-electron chi connectivity index (χ1n) is 7.29. The molecule has 1 aliphatic carbocycles. The Bertz CT molecular complexity index is 419. The van der Waals surface area contributed by atoms with Crippen molar-refractivity contribution in [3.63, 3.8) is 0 Å². The molecule has 1 saturated carbocycles. The Morgan fingerprint density at radius 2 is 2.05 bits per heavy atom. The van der Waals surface area contributed by atoms with E-state index in [1.54, 1.807) is 0 Å². The summed E-state index contributed by atoms with van der Waals surface area (Å²) in [6.45, 7) is 5.72. The molecule has 0 heterocycles. The van der Waals surface area contributed by atoms with Crippen molar-refractivity contribution in [2.75, 3.05) is 6.54 Å². The molecule has 0 aromatic heterocycles. The number of rotatable bonds is 5. The number of hydrogen-bond donors (Lipinski definition) is 1. The molecule has 1 aliphatic rings. The average Bonchev–Trinajstić information content (AvgIpc) is 2.72. The van der Waals surface area contributed by atoms with Gasteiger partial charge in [0.15, 0.2) is 0 Å². The minimum Gasteiger partial charge on any atom is -0.314 e. The van der Waals surface area contributed by atoms with Crippen LogP contribution in [0.2, 0.25) is 10.0 Å². The predicted molar refractivity (Wildman–Crippen MR) is 84.1 cm³/mol. The second-order valence-corrected chi connectivity index (χ2v) is 6.54. The van der Waals surface area contributed by atoms with Crippen LogP contribution in [-0.2, 0) is 6.42 Å². The second kappa shape index (κ2) is 6.97. The van der Waals surface area contributed by atoms with Crippen LogP contribution < -0.4 is 5.32 Å². The highest BCUT2D eigenvalue weighted by Crippen LogP contribution is 2.36. The Morgan fingerprint density at radius 3 is 2.74 bits per heavy atom. The SMILES string of the molecule is CCCNC1CCC(Cc2ccc(Cl)cc2Cl)C1C. The van der Waals surface area contributed by atoms with Crippen LogP contribution in [0.1, 0.15) is 38.7 Å². The summed E-state index contributed by atoms with van der Waals surface area (Å²) in [4.78, 5) is 0. The highest BCUT2D eigenvalue weighted by molar-refractivity contribution is 6.35. The van der Waals surface area contributed by atoms with Crippen molar-refractivity contribution < 1.29 is 0 Å². The van der Waals surface area contributed by atoms with Gasteiger partial charge in [0.1, 0.15) is 0 Å². The van der Waals surface area contributed by atoms with E-state index < -0.39 is 0 Å². The largest absolute Gasteiger partial charge is 0.314 e. The molecule has 0 bridgehead atoms. The minimum absolute atomic E-state index is 0.677. The van der Waals surface area contributed by atoms with Crippen LogP contribution in [0.3, 0.4) is 0 Å². The average molecular weight is 300 g/mol. The lowest BCUT2D eigenvalue weighted by molar-refractivity contribution is 0.351. The van der Waals surface area contributed by atoms with E-state index in [-0.39, 0.29) is 0 Å². The van der Waals surface area contributed by atoms with Crippen molar-refractivity contribution >= 4 is 23.2 Å². The molecule has 1 aromatic rings. The van der Waals surface area contributed by atoms with Crippen LogP contribution in [0.5, 0.6) is 0 Å². The van der Waals surface area contributed by atoms with Gasteiger partial charge in [-0.25, -0.2) is 0 Å². The van der Waals surface area contributed by atoms with Crippen molar-refractivity contribution in [3.05, 3.63) is 33.8 Å². The van der Waals surface area contributed by atoms with Crippen LogP contribution in [0.15, 0.2) is 18.2 Å². The number of benzene rings is 1. The third kappa shape index (κ3) is 3.87. The Morgan fingerprint density at radius 1 is 1.26 bits per heavy atom. The molecule has 3 heteroatoms. The van der Waals surface area contributed by atoms with Crippen LogP contribution in [0.25, 0.3) is 0 Å². The monoisotopic (exact) mass is 299 g/mol. The fraction of sp³-hybridized carbons (Fsp3) is 0.625. The van der Waals surface area contributed by atoms with E-state index in [9.17, 15) is 0 Å². The summed E-state index contributed by atoms with van der Waals surface area (Å²) in [6.07, 6.45) is 4.86. The lowest BCUT2D eigenvalue weighted by Gasteiger charge is -2.22. The summed E-state index contributed by atoms with van der Waals surface area (Å²) in [6, 6.07) is 6.54. The molecule has 0 aliphatic heterocycles. The summed E-state index contributed by atoms with van der Waals surface area (Å²) < 4.78 is 0. The van der Waals surface area contributed by atoms with Crippen molar-refractivity contribution in [1.82, 2.24) is 5.32 Å². The van der Waals surface area contributed by atoms with Crippen LogP contribution in [-0.4, -0.2) is 12.6 Å². The molecular weight excluding hydrogens is 277 g/mol. The van der Waals surface area contributed by atoms with Gasteiger partial charge in [-0.2, -0.15) is 0 Å². The van der Waals surface area contributed by atoms with Gasteiger partial charge in [-0.15, -0.1) is 0 Å². The van der Waals surface area contributed by atoms with Gasteiger partial charge in [0.05, 0.1) is 0 Å². The standard InChI is InChI=1S/C16H23Cl2N/c1-3-8-19-16-7-5-12(11(16)2)9-13-4-6-14(17)10-15(13)18/h4,6,10-12,16,19H,3,5,7-9H2,1-2H3. The molecule has 1 aromatic carbocycles. The van der Waals surface area contributed by atoms with Gasteiger partial charge in [-0.1, -0.05) is 43.1 Å². The molecular formula is C16H23Cl2N. The van der Waals surface area contributed by atoms with Gasteiger partial charge in [-0.3, -0.25) is 0 Å². The molecule has 2 rings (SSSR count). The Balaban J connectivity index is 1.96. The smallest absolute Gasteiger partial charge is 0.0452 e. The summed E-state index contributed by atoms with van der Waals surface area (Å²) in [5.74, 6) is 1.45. The lowest BCUT2D eigenvalue weighted by Crippen LogP contribution is -2.33. The molecule has 1 nitrogen and oxygen atoms in total. The predicted octanol–water partition coefficient (Wildman–Crippen LogP) is 4.95. The zero-order chi connectivity index (χ0) is 13.8. The van der Waals surface area contributed by atoms with E-state index >= 15 is 0 Å². The van der Waals surface area contributed by atoms with E-state index in [2.05, 4.69) is 25.2 Å². The van der Waals surface area contributed by atoms with Gasteiger partial charge in [-0.05, 0) is 61.8 Å². The zero-order valence-corrected chi connectivity index (χ0v) is 13.3. The van der Waals surface area contributed by atoms with E-state index in [1.165, 1.54) is 24.8 Å². The topological polar surface area (TPSA) is 12.0 Å². The third-order valence-corrected chi connectivity index (χ3v) is 4.97. The molecule has 1 fully saturated rings. The maximum atomic E-state index is 6.28. The quantitative estimate of drug-likeness (QED) is 0.811. The second-order valence-electron chi connectivity index (χ2n) is 5.70. The van der Waals surface area contributed by atoms with Crippen LogP contribution in [0, 0.1) is 11.8 Å². The van der Waals surface area contributed by atoms with Gasteiger partial charge in [0.2, 0.25) is 0 Å². The van der Waals surface area contributed by atoms with Crippen molar-refractivity contribution in [3.8, 4) is 0 Å². The highest BCUT2D eigenvalue weighted by Gasteiger charge is 2.32. The summed E-state index contributed by atoms with van der Waals surface area (Å²) >= 11 is 12.2. The van der Waals surface area contributed by atoms with Gasteiger partial charge >= 0.3 is 0 Å². The molecule has 1 N–H and O–H groups in total.